The lowest BCUT2D eigenvalue weighted by Crippen LogP contribution is -2.56. The molecule has 0 aliphatic carbocycles. The Morgan fingerprint density at radius 1 is 1.41 bits per heavy atom. The Hall–Kier alpha value is -1.60. The van der Waals surface area contributed by atoms with E-state index in [1.54, 1.807) is 19.9 Å². The van der Waals surface area contributed by atoms with Crippen LogP contribution in [0.1, 0.15) is 30.6 Å². The molecule has 22 heavy (non-hydrogen) atoms. The highest BCUT2D eigenvalue weighted by Crippen LogP contribution is 2.42. The minimum Gasteiger partial charge on any atom is -0.362 e. The van der Waals surface area contributed by atoms with Gasteiger partial charge in [-0.05, 0) is 18.1 Å². The summed E-state index contributed by atoms with van der Waals surface area (Å²) in [4.78, 5) is 12.4. The van der Waals surface area contributed by atoms with E-state index in [2.05, 4.69) is 5.10 Å². The van der Waals surface area contributed by atoms with E-state index in [1.807, 2.05) is 0 Å². The molecule has 1 atom stereocenters. The summed E-state index contributed by atoms with van der Waals surface area (Å²) < 4.78 is 39.8. The van der Waals surface area contributed by atoms with Crippen LogP contribution in [0.4, 0.5) is 13.2 Å². The van der Waals surface area contributed by atoms with Gasteiger partial charge in [0.15, 0.2) is 0 Å². The maximum Gasteiger partial charge on any atom is 0.438 e. The van der Waals surface area contributed by atoms with Crippen molar-refractivity contribution in [1.29, 1.82) is 0 Å². The first-order valence-corrected chi connectivity index (χ1v) is 6.91. The molecule has 0 spiro atoms. The van der Waals surface area contributed by atoms with Crippen molar-refractivity contribution >= 4 is 23.2 Å². The zero-order chi connectivity index (χ0) is 16.7. The number of alkyl halides is 3. The molecule has 8 heteroatoms. The quantitative estimate of drug-likeness (QED) is 0.900. The third kappa shape index (κ3) is 2.70. The first kappa shape index (κ1) is 16.8. The number of hydrazone groups is 1. The highest BCUT2D eigenvalue weighted by atomic mass is 35.5. The Morgan fingerprint density at radius 2 is 2.00 bits per heavy atom. The van der Waals surface area contributed by atoms with Crippen molar-refractivity contribution in [3.8, 4) is 0 Å². The molecule has 1 amide bonds. The molecule has 0 radical (unpaired) electrons. The van der Waals surface area contributed by atoms with Crippen molar-refractivity contribution in [3.63, 3.8) is 0 Å². The van der Waals surface area contributed by atoms with Gasteiger partial charge in [-0.2, -0.15) is 23.3 Å². The van der Waals surface area contributed by atoms with Gasteiger partial charge in [-0.3, -0.25) is 4.79 Å². The van der Waals surface area contributed by atoms with Crippen molar-refractivity contribution in [1.82, 2.24) is 5.01 Å². The molecule has 1 aromatic carbocycles. The van der Waals surface area contributed by atoms with Gasteiger partial charge in [0.1, 0.15) is 0 Å². The molecule has 0 bridgehead atoms. The zero-order valence-electron chi connectivity index (χ0n) is 11.9. The Kier molecular flexibility index (Phi) is 4.23. The van der Waals surface area contributed by atoms with Gasteiger partial charge in [0.2, 0.25) is 0 Å². The van der Waals surface area contributed by atoms with Crippen LogP contribution < -0.4 is 0 Å². The molecule has 1 aliphatic heterocycles. The third-order valence-corrected chi connectivity index (χ3v) is 3.75. The van der Waals surface area contributed by atoms with Gasteiger partial charge in [-0.25, -0.2) is 0 Å². The minimum atomic E-state index is -5.04. The summed E-state index contributed by atoms with van der Waals surface area (Å²) in [6.07, 6.45) is -5.81. The summed E-state index contributed by atoms with van der Waals surface area (Å²) in [5.41, 5.74) is -3.41. The normalized spacial score (nSPS) is 22.2. The second-order valence-electron chi connectivity index (χ2n) is 5.33. The van der Waals surface area contributed by atoms with Gasteiger partial charge < -0.3 is 5.11 Å². The van der Waals surface area contributed by atoms with Crippen LogP contribution in [-0.4, -0.2) is 33.6 Å². The minimum absolute atomic E-state index is 0.00905. The van der Waals surface area contributed by atoms with Crippen molar-refractivity contribution in [3.05, 3.63) is 34.9 Å². The van der Waals surface area contributed by atoms with Crippen LogP contribution in [0.3, 0.4) is 0 Å². The fourth-order valence-corrected chi connectivity index (χ4v) is 2.29. The number of aliphatic hydroxyl groups is 1. The maximum absolute atomic E-state index is 13.3. The summed E-state index contributed by atoms with van der Waals surface area (Å²) in [6, 6.07) is 5.67. The van der Waals surface area contributed by atoms with Gasteiger partial charge >= 0.3 is 6.18 Å². The number of hydrogen-bond donors (Lipinski definition) is 1. The molecule has 2 rings (SSSR count). The maximum atomic E-state index is 13.3. The number of nitrogens with zero attached hydrogens (tertiary/aromatic N) is 2. The fraction of sp³-hybridized carbons (Fsp3) is 0.429. The van der Waals surface area contributed by atoms with Gasteiger partial charge in [-0.1, -0.05) is 37.6 Å². The van der Waals surface area contributed by atoms with Crippen LogP contribution in [0.2, 0.25) is 5.02 Å². The molecular formula is C14H14ClF3N2O2. The standard InChI is InChI=1S/C14H14ClF3N2O2/c1-8(2)11-7-13(22,14(16,17)18)20(19-11)12(21)9-5-3-4-6-10(9)15/h3-6,8,22H,7H2,1-2H3/t13-/m0/s1. The smallest absolute Gasteiger partial charge is 0.362 e. The van der Waals surface area contributed by atoms with Crippen LogP contribution >= 0.6 is 11.6 Å². The SMILES string of the molecule is CC(C)C1=NN(C(=O)c2ccccc2Cl)[C@@](O)(C(F)(F)F)C1. The molecule has 0 fully saturated rings. The summed E-state index contributed by atoms with van der Waals surface area (Å²) in [5, 5.41) is 13.8. The highest BCUT2D eigenvalue weighted by Gasteiger charge is 2.63. The number of carbonyl (C=O) groups excluding carboxylic acids is 1. The average Bonchev–Trinajstić information content (AvgIpc) is 2.78. The fourth-order valence-electron chi connectivity index (χ4n) is 2.08. The van der Waals surface area contributed by atoms with Crippen LogP contribution in [0, 0.1) is 5.92 Å². The van der Waals surface area contributed by atoms with Gasteiger partial charge in [0.25, 0.3) is 11.6 Å². The summed E-state index contributed by atoms with van der Waals surface area (Å²) in [6.45, 7) is 3.28. The molecule has 0 unspecified atom stereocenters. The van der Waals surface area contributed by atoms with Crippen LogP contribution in [-0.2, 0) is 0 Å². The van der Waals surface area contributed by atoms with Gasteiger partial charge in [-0.15, -0.1) is 0 Å². The number of rotatable bonds is 2. The molecule has 1 aliphatic rings. The van der Waals surface area contributed by atoms with E-state index in [0.717, 1.165) is 0 Å². The number of amides is 1. The van der Waals surface area contributed by atoms with Crippen molar-refractivity contribution in [2.24, 2.45) is 11.0 Å². The van der Waals surface area contributed by atoms with Crippen LogP contribution in [0.5, 0.6) is 0 Å². The number of carbonyl (C=O) groups is 1. The van der Waals surface area contributed by atoms with Crippen molar-refractivity contribution in [2.45, 2.75) is 32.2 Å². The van der Waals surface area contributed by atoms with E-state index in [9.17, 15) is 23.1 Å². The zero-order valence-corrected chi connectivity index (χ0v) is 12.6. The first-order valence-electron chi connectivity index (χ1n) is 6.53. The van der Waals surface area contributed by atoms with Gasteiger partial charge in [0.05, 0.1) is 10.6 Å². The van der Waals surface area contributed by atoms with Crippen molar-refractivity contribution < 1.29 is 23.1 Å². The van der Waals surface area contributed by atoms with E-state index >= 15 is 0 Å². The second-order valence-corrected chi connectivity index (χ2v) is 5.74. The topological polar surface area (TPSA) is 52.9 Å². The Bertz CT molecular complexity index is 631. The molecule has 120 valence electrons. The predicted octanol–water partition coefficient (Wildman–Crippen LogP) is 3.45. The molecule has 1 N–H and O–H groups in total. The summed E-state index contributed by atoms with van der Waals surface area (Å²) in [5.74, 6) is -1.43. The lowest BCUT2D eigenvalue weighted by Gasteiger charge is -2.32. The molecule has 4 nitrogen and oxygen atoms in total. The van der Waals surface area contributed by atoms with E-state index in [4.69, 9.17) is 11.6 Å². The number of halogens is 4. The summed E-state index contributed by atoms with van der Waals surface area (Å²) >= 11 is 5.84. The Morgan fingerprint density at radius 3 is 2.50 bits per heavy atom. The largest absolute Gasteiger partial charge is 0.438 e. The van der Waals surface area contributed by atoms with Crippen molar-refractivity contribution in [2.75, 3.05) is 0 Å². The molecular weight excluding hydrogens is 321 g/mol. The van der Waals surface area contributed by atoms with Gasteiger partial charge in [0, 0.05) is 12.1 Å². The Labute approximate surface area is 130 Å². The molecule has 0 saturated heterocycles. The molecule has 0 saturated carbocycles. The third-order valence-electron chi connectivity index (χ3n) is 3.42. The van der Waals surface area contributed by atoms with E-state index < -0.39 is 24.2 Å². The molecule has 1 aromatic rings. The predicted molar refractivity (Wildman–Crippen MR) is 75.5 cm³/mol. The average molecular weight is 335 g/mol. The summed E-state index contributed by atoms with van der Waals surface area (Å²) in [7, 11) is 0. The lowest BCUT2D eigenvalue weighted by atomic mass is 9.99. The van der Waals surface area contributed by atoms with E-state index in [-0.39, 0.29) is 27.2 Å². The molecule has 1 heterocycles. The number of benzene rings is 1. The monoisotopic (exact) mass is 334 g/mol. The molecule has 0 aromatic heterocycles. The second kappa shape index (κ2) is 5.55. The van der Waals surface area contributed by atoms with Crippen LogP contribution in [0.25, 0.3) is 0 Å². The highest BCUT2D eigenvalue weighted by molar-refractivity contribution is 6.33. The van der Waals surface area contributed by atoms with E-state index in [1.165, 1.54) is 18.2 Å². The Balaban J connectivity index is 2.49. The van der Waals surface area contributed by atoms with Crippen LogP contribution in [0.15, 0.2) is 29.4 Å². The first-order chi connectivity index (χ1) is 10.1. The lowest BCUT2D eigenvalue weighted by molar-refractivity contribution is -0.297. The van der Waals surface area contributed by atoms with E-state index in [0.29, 0.717) is 0 Å². The number of hydrogen-bond acceptors (Lipinski definition) is 3.